The molecule has 0 saturated carbocycles. The molecule has 5 heteroatoms. The topological polar surface area (TPSA) is 63.1 Å². The van der Waals surface area contributed by atoms with E-state index in [9.17, 15) is 9.59 Å². The summed E-state index contributed by atoms with van der Waals surface area (Å²) in [4.78, 5) is 23.3. The van der Waals surface area contributed by atoms with Gasteiger partial charge in [0.05, 0.1) is 0 Å². The van der Waals surface area contributed by atoms with Crippen molar-refractivity contribution in [3.63, 3.8) is 0 Å². The molecule has 0 aliphatic heterocycles. The lowest BCUT2D eigenvalue weighted by Crippen LogP contribution is -2.39. The largest absolute Gasteiger partial charge is 0.350 e. The quantitative estimate of drug-likeness (QED) is 0.738. The average Bonchev–Trinajstić information content (AvgIpc) is 2.29. The number of hydrogen-bond acceptors (Lipinski definition) is 3. The van der Waals surface area contributed by atoms with Gasteiger partial charge in [0.25, 0.3) is 11.5 Å². The number of carbonyl (C=O) groups excluding carboxylic acids is 1. The summed E-state index contributed by atoms with van der Waals surface area (Å²) >= 11 is 0. The van der Waals surface area contributed by atoms with Crippen molar-refractivity contribution in [3.05, 3.63) is 34.2 Å². The lowest BCUT2D eigenvalue weighted by atomic mass is 10.2. The second kappa shape index (κ2) is 5.46. The van der Waals surface area contributed by atoms with Crippen LogP contribution >= 0.6 is 0 Å². The van der Waals surface area contributed by atoms with Crippen LogP contribution in [0.4, 0.5) is 0 Å². The Morgan fingerprint density at radius 2 is 2.25 bits per heavy atom. The molecular formula is C11H17N3O2. The number of nitrogens with zero attached hydrogens (tertiary/aromatic N) is 1. The Bertz CT molecular complexity index is 425. The smallest absolute Gasteiger partial charge is 0.263 e. The fourth-order valence-electron chi connectivity index (χ4n) is 1.21. The Kier molecular flexibility index (Phi) is 4.25. The highest BCUT2D eigenvalue weighted by Gasteiger charge is 2.11. The summed E-state index contributed by atoms with van der Waals surface area (Å²) in [5, 5.41) is 5.70. The molecule has 1 aromatic rings. The molecule has 1 heterocycles. The standard InChI is InChI=1S/C11H17N3O2/c1-8(12-2)7-13-10(15)9-5-4-6-14(3)11(9)16/h4-6,8,12H,7H2,1-3H3,(H,13,15). The molecule has 1 rings (SSSR count). The molecular weight excluding hydrogens is 206 g/mol. The number of amides is 1. The molecule has 1 amide bonds. The van der Waals surface area contributed by atoms with Crippen LogP contribution in [0.5, 0.6) is 0 Å². The molecule has 0 radical (unpaired) electrons. The molecule has 88 valence electrons. The minimum absolute atomic E-state index is 0.174. The van der Waals surface area contributed by atoms with E-state index in [1.807, 2.05) is 14.0 Å². The first-order valence-electron chi connectivity index (χ1n) is 5.17. The van der Waals surface area contributed by atoms with Crippen LogP contribution in [0.2, 0.25) is 0 Å². The number of carbonyl (C=O) groups is 1. The van der Waals surface area contributed by atoms with E-state index in [1.165, 1.54) is 10.6 Å². The van der Waals surface area contributed by atoms with Gasteiger partial charge in [-0.05, 0) is 26.1 Å². The molecule has 0 aromatic carbocycles. The third kappa shape index (κ3) is 2.93. The van der Waals surface area contributed by atoms with Crippen molar-refractivity contribution in [2.24, 2.45) is 7.05 Å². The Balaban J connectivity index is 2.74. The molecule has 0 saturated heterocycles. The normalized spacial score (nSPS) is 12.2. The number of aromatic nitrogens is 1. The van der Waals surface area contributed by atoms with E-state index in [-0.39, 0.29) is 23.1 Å². The van der Waals surface area contributed by atoms with Gasteiger partial charge in [-0.1, -0.05) is 0 Å². The van der Waals surface area contributed by atoms with Gasteiger partial charge in [0.1, 0.15) is 5.56 Å². The van der Waals surface area contributed by atoms with Crippen molar-refractivity contribution < 1.29 is 4.79 Å². The van der Waals surface area contributed by atoms with E-state index < -0.39 is 0 Å². The van der Waals surface area contributed by atoms with Gasteiger partial charge in [-0.3, -0.25) is 9.59 Å². The molecule has 0 bridgehead atoms. The molecule has 0 aliphatic rings. The lowest BCUT2D eigenvalue weighted by molar-refractivity contribution is 0.0948. The number of aryl methyl sites for hydroxylation is 1. The lowest BCUT2D eigenvalue weighted by Gasteiger charge is -2.11. The third-order valence-corrected chi connectivity index (χ3v) is 2.43. The van der Waals surface area contributed by atoms with Crippen LogP contribution in [-0.4, -0.2) is 30.1 Å². The number of likely N-dealkylation sites (N-methyl/N-ethyl adjacent to an activating group) is 1. The van der Waals surface area contributed by atoms with Gasteiger partial charge in [0.2, 0.25) is 0 Å². The average molecular weight is 223 g/mol. The Hall–Kier alpha value is -1.62. The Labute approximate surface area is 94.5 Å². The molecule has 1 atom stereocenters. The van der Waals surface area contributed by atoms with Crippen molar-refractivity contribution in [2.45, 2.75) is 13.0 Å². The highest BCUT2D eigenvalue weighted by atomic mass is 16.2. The maximum Gasteiger partial charge on any atom is 0.263 e. The summed E-state index contributed by atoms with van der Waals surface area (Å²) in [6.45, 7) is 2.44. The fraction of sp³-hybridized carbons (Fsp3) is 0.455. The molecule has 0 aliphatic carbocycles. The highest BCUT2D eigenvalue weighted by Crippen LogP contribution is 1.91. The highest BCUT2D eigenvalue weighted by molar-refractivity contribution is 5.93. The zero-order chi connectivity index (χ0) is 12.1. The second-order valence-corrected chi connectivity index (χ2v) is 3.74. The number of rotatable bonds is 4. The van der Waals surface area contributed by atoms with Gasteiger partial charge >= 0.3 is 0 Å². The number of hydrogen-bond donors (Lipinski definition) is 2. The minimum atomic E-state index is -0.330. The van der Waals surface area contributed by atoms with Crippen LogP contribution in [0.1, 0.15) is 17.3 Å². The number of pyridine rings is 1. The zero-order valence-corrected chi connectivity index (χ0v) is 9.78. The maximum absolute atomic E-state index is 11.7. The van der Waals surface area contributed by atoms with E-state index in [2.05, 4.69) is 10.6 Å². The van der Waals surface area contributed by atoms with Gasteiger partial charge in [-0.25, -0.2) is 0 Å². The Morgan fingerprint density at radius 3 is 2.88 bits per heavy atom. The summed E-state index contributed by atoms with van der Waals surface area (Å²) in [6.07, 6.45) is 1.62. The van der Waals surface area contributed by atoms with Crippen LogP contribution < -0.4 is 16.2 Å². The molecule has 0 spiro atoms. The first-order chi connectivity index (χ1) is 7.56. The molecule has 1 aromatic heterocycles. The van der Waals surface area contributed by atoms with Crippen molar-refractivity contribution in [2.75, 3.05) is 13.6 Å². The molecule has 5 nitrogen and oxygen atoms in total. The predicted octanol–water partition coefficient (Wildman–Crippen LogP) is -0.277. The first-order valence-corrected chi connectivity index (χ1v) is 5.17. The summed E-state index contributed by atoms with van der Waals surface area (Å²) < 4.78 is 1.39. The van der Waals surface area contributed by atoms with E-state index in [4.69, 9.17) is 0 Å². The van der Waals surface area contributed by atoms with Crippen LogP contribution in [0.3, 0.4) is 0 Å². The van der Waals surface area contributed by atoms with Crippen LogP contribution in [0.25, 0.3) is 0 Å². The molecule has 0 fully saturated rings. The van der Waals surface area contributed by atoms with Crippen LogP contribution in [-0.2, 0) is 7.05 Å². The summed E-state index contributed by atoms with van der Waals surface area (Å²) in [5.74, 6) is -0.330. The summed E-state index contributed by atoms with van der Waals surface area (Å²) in [6, 6.07) is 3.39. The van der Waals surface area contributed by atoms with Crippen molar-refractivity contribution in [1.82, 2.24) is 15.2 Å². The minimum Gasteiger partial charge on any atom is -0.350 e. The molecule has 16 heavy (non-hydrogen) atoms. The van der Waals surface area contributed by atoms with Gasteiger partial charge < -0.3 is 15.2 Å². The maximum atomic E-state index is 11.7. The van der Waals surface area contributed by atoms with Crippen molar-refractivity contribution in [1.29, 1.82) is 0 Å². The fourth-order valence-corrected chi connectivity index (χ4v) is 1.21. The monoisotopic (exact) mass is 223 g/mol. The summed E-state index contributed by atoms with van der Waals surface area (Å²) in [5.41, 5.74) is -0.106. The van der Waals surface area contributed by atoms with Gasteiger partial charge in [-0.15, -0.1) is 0 Å². The van der Waals surface area contributed by atoms with E-state index in [0.29, 0.717) is 6.54 Å². The van der Waals surface area contributed by atoms with Crippen LogP contribution in [0.15, 0.2) is 23.1 Å². The first kappa shape index (κ1) is 12.4. The zero-order valence-electron chi connectivity index (χ0n) is 9.78. The molecule has 2 N–H and O–H groups in total. The van der Waals surface area contributed by atoms with Crippen molar-refractivity contribution >= 4 is 5.91 Å². The van der Waals surface area contributed by atoms with Crippen molar-refractivity contribution in [3.8, 4) is 0 Å². The third-order valence-electron chi connectivity index (χ3n) is 2.43. The summed E-state index contributed by atoms with van der Waals surface area (Å²) in [7, 11) is 3.44. The molecule has 1 unspecified atom stereocenters. The van der Waals surface area contributed by atoms with E-state index >= 15 is 0 Å². The second-order valence-electron chi connectivity index (χ2n) is 3.74. The van der Waals surface area contributed by atoms with Gasteiger partial charge in [0.15, 0.2) is 0 Å². The van der Waals surface area contributed by atoms with Gasteiger partial charge in [0, 0.05) is 25.8 Å². The van der Waals surface area contributed by atoms with E-state index in [1.54, 1.807) is 19.3 Å². The van der Waals surface area contributed by atoms with E-state index in [0.717, 1.165) is 0 Å². The Morgan fingerprint density at radius 1 is 1.56 bits per heavy atom. The van der Waals surface area contributed by atoms with Crippen LogP contribution in [0, 0.1) is 0 Å². The number of nitrogens with one attached hydrogen (secondary N) is 2. The van der Waals surface area contributed by atoms with Gasteiger partial charge in [-0.2, -0.15) is 0 Å². The predicted molar refractivity (Wildman–Crippen MR) is 62.5 cm³/mol. The SMILES string of the molecule is CNC(C)CNC(=O)c1cccn(C)c1=O.